The maximum Gasteiger partial charge on any atom is 0.0150 e. The Balaban J connectivity index is 2.36. The average molecular weight is 198 g/mol. The molecule has 0 spiro atoms. The molecule has 1 fully saturated rings. The van der Waals surface area contributed by atoms with Crippen molar-refractivity contribution in [1.29, 1.82) is 0 Å². The lowest BCUT2D eigenvalue weighted by atomic mass is 9.92. The molecule has 1 saturated heterocycles. The van der Waals surface area contributed by atoms with Gasteiger partial charge in [0.05, 0.1) is 0 Å². The zero-order chi connectivity index (χ0) is 10.6. The van der Waals surface area contributed by atoms with E-state index in [2.05, 4.69) is 38.0 Å². The van der Waals surface area contributed by atoms with E-state index in [0.717, 1.165) is 6.04 Å². The van der Waals surface area contributed by atoms with Gasteiger partial charge in [-0.15, -0.1) is 0 Å². The number of rotatable bonds is 4. The molecule has 0 aromatic heterocycles. The first-order valence-corrected chi connectivity index (χ1v) is 6.06. The highest BCUT2D eigenvalue weighted by molar-refractivity contribution is 4.86. The summed E-state index contributed by atoms with van der Waals surface area (Å²) in [4.78, 5) is 2.42. The molecule has 2 heteroatoms. The Kier molecular flexibility index (Phi) is 4.39. The molecule has 0 bridgehead atoms. The smallest absolute Gasteiger partial charge is 0.0150 e. The van der Waals surface area contributed by atoms with Gasteiger partial charge in [0.15, 0.2) is 0 Å². The van der Waals surface area contributed by atoms with Crippen molar-refractivity contribution in [2.45, 2.75) is 58.0 Å². The highest BCUT2D eigenvalue weighted by Gasteiger charge is 2.25. The maximum absolute atomic E-state index is 3.83. The lowest BCUT2D eigenvalue weighted by Gasteiger charge is -2.37. The first-order valence-electron chi connectivity index (χ1n) is 6.06. The minimum atomic E-state index is 0.362. The van der Waals surface area contributed by atoms with Crippen molar-refractivity contribution in [1.82, 2.24) is 10.2 Å². The van der Waals surface area contributed by atoms with E-state index in [4.69, 9.17) is 0 Å². The van der Waals surface area contributed by atoms with Crippen molar-refractivity contribution in [2.24, 2.45) is 0 Å². The van der Waals surface area contributed by atoms with Crippen molar-refractivity contribution < 1.29 is 0 Å². The molecule has 0 radical (unpaired) electrons. The number of nitrogens with one attached hydrogen (secondary N) is 1. The maximum atomic E-state index is 3.83. The molecule has 0 aromatic rings. The van der Waals surface area contributed by atoms with Crippen LogP contribution in [-0.4, -0.2) is 36.6 Å². The van der Waals surface area contributed by atoms with Crippen LogP contribution in [0.1, 0.15) is 46.5 Å². The minimum absolute atomic E-state index is 0.362. The number of likely N-dealkylation sites (tertiary alicyclic amines) is 1. The molecule has 0 aliphatic carbocycles. The lowest BCUT2D eigenvalue weighted by Crippen LogP contribution is -2.51. The fourth-order valence-electron chi connectivity index (χ4n) is 2.10. The van der Waals surface area contributed by atoms with Crippen LogP contribution in [0.2, 0.25) is 0 Å². The van der Waals surface area contributed by atoms with Crippen molar-refractivity contribution in [3.05, 3.63) is 0 Å². The Bertz CT molecular complexity index is 156. The predicted molar refractivity (Wildman–Crippen MR) is 62.6 cm³/mol. The molecular formula is C12H26N2. The Morgan fingerprint density at radius 2 is 1.71 bits per heavy atom. The zero-order valence-electron chi connectivity index (χ0n) is 10.3. The molecule has 84 valence electrons. The summed E-state index contributed by atoms with van der Waals surface area (Å²) in [6.45, 7) is 9.42. The Morgan fingerprint density at radius 3 is 2.14 bits per heavy atom. The van der Waals surface area contributed by atoms with Gasteiger partial charge in [-0.1, -0.05) is 13.8 Å². The van der Waals surface area contributed by atoms with Crippen LogP contribution in [0.4, 0.5) is 0 Å². The summed E-state index contributed by atoms with van der Waals surface area (Å²) in [5.41, 5.74) is 0.362. The van der Waals surface area contributed by atoms with Crippen LogP contribution in [0, 0.1) is 0 Å². The summed E-state index contributed by atoms with van der Waals surface area (Å²) >= 11 is 0. The summed E-state index contributed by atoms with van der Waals surface area (Å²) < 4.78 is 0. The van der Waals surface area contributed by atoms with Crippen LogP contribution in [0.25, 0.3) is 0 Å². The van der Waals surface area contributed by atoms with Crippen LogP contribution in [0.5, 0.6) is 0 Å². The van der Waals surface area contributed by atoms with E-state index in [-0.39, 0.29) is 0 Å². The Hall–Kier alpha value is -0.0800. The number of hydrogen-bond donors (Lipinski definition) is 1. The van der Waals surface area contributed by atoms with Crippen LogP contribution < -0.4 is 5.32 Å². The molecular weight excluding hydrogens is 172 g/mol. The van der Waals surface area contributed by atoms with Gasteiger partial charge in [-0.2, -0.15) is 0 Å². The zero-order valence-corrected chi connectivity index (χ0v) is 10.3. The molecule has 1 aliphatic heterocycles. The fourth-order valence-corrected chi connectivity index (χ4v) is 2.10. The van der Waals surface area contributed by atoms with Crippen molar-refractivity contribution >= 4 is 0 Å². The predicted octanol–water partition coefficient (Wildman–Crippen LogP) is 2.25. The standard InChI is InChI=1S/C12H26N2/c1-5-12(3,6-2)13-11-7-9-14(4)10-8-11/h11,13H,5-10H2,1-4H3. The van der Waals surface area contributed by atoms with Gasteiger partial charge in [-0.05, 0) is 52.7 Å². The second kappa shape index (κ2) is 5.13. The third kappa shape index (κ3) is 3.25. The van der Waals surface area contributed by atoms with E-state index in [0.29, 0.717) is 5.54 Å². The van der Waals surface area contributed by atoms with Crippen LogP contribution >= 0.6 is 0 Å². The van der Waals surface area contributed by atoms with Gasteiger partial charge >= 0.3 is 0 Å². The molecule has 0 saturated carbocycles. The summed E-state index contributed by atoms with van der Waals surface area (Å²) in [6.07, 6.45) is 5.09. The van der Waals surface area contributed by atoms with Crippen molar-refractivity contribution in [2.75, 3.05) is 20.1 Å². The topological polar surface area (TPSA) is 15.3 Å². The van der Waals surface area contributed by atoms with Crippen molar-refractivity contribution in [3.8, 4) is 0 Å². The van der Waals surface area contributed by atoms with Gasteiger partial charge < -0.3 is 10.2 Å². The largest absolute Gasteiger partial charge is 0.309 e. The van der Waals surface area contributed by atoms with Crippen LogP contribution in [-0.2, 0) is 0 Å². The molecule has 2 nitrogen and oxygen atoms in total. The molecule has 1 N–H and O–H groups in total. The summed E-state index contributed by atoms with van der Waals surface area (Å²) in [7, 11) is 2.22. The van der Waals surface area contributed by atoms with E-state index < -0.39 is 0 Å². The van der Waals surface area contributed by atoms with E-state index in [1.54, 1.807) is 0 Å². The van der Waals surface area contributed by atoms with Gasteiger partial charge in [-0.25, -0.2) is 0 Å². The number of piperidine rings is 1. The third-order valence-electron chi connectivity index (χ3n) is 3.83. The molecule has 0 atom stereocenters. The Morgan fingerprint density at radius 1 is 1.21 bits per heavy atom. The minimum Gasteiger partial charge on any atom is -0.309 e. The molecule has 0 aromatic carbocycles. The normalized spacial score (nSPS) is 21.4. The quantitative estimate of drug-likeness (QED) is 0.745. The Labute approximate surface area is 89.1 Å². The van der Waals surface area contributed by atoms with Gasteiger partial charge in [0.2, 0.25) is 0 Å². The number of nitrogens with zero attached hydrogens (tertiary/aromatic N) is 1. The monoisotopic (exact) mass is 198 g/mol. The first-order chi connectivity index (χ1) is 6.59. The molecule has 1 heterocycles. The second-order valence-electron chi connectivity index (χ2n) is 4.99. The second-order valence-corrected chi connectivity index (χ2v) is 4.99. The molecule has 14 heavy (non-hydrogen) atoms. The van der Waals surface area contributed by atoms with E-state index in [1.165, 1.54) is 38.8 Å². The molecule has 0 unspecified atom stereocenters. The molecule has 1 aliphatic rings. The van der Waals surface area contributed by atoms with Gasteiger partial charge in [0.1, 0.15) is 0 Å². The van der Waals surface area contributed by atoms with E-state index in [1.807, 2.05) is 0 Å². The van der Waals surface area contributed by atoms with Gasteiger partial charge in [-0.3, -0.25) is 0 Å². The van der Waals surface area contributed by atoms with Crippen LogP contribution in [0.3, 0.4) is 0 Å². The number of hydrogen-bond acceptors (Lipinski definition) is 2. The summed E-state index contributed by atoms with van der Waals surface area (Å²) in [5, 5.41) is 3.83. The van der Waals surface area contributed by atoms with E-state index >= 15 is 0 Å². The highest BCUT2D eigenvalue weighted by atomic mass is 15.1. The fraction of sp³-hybridized carbons (Fsp3) is 1.00. The SMILES string of the molecule is CCC(C)(CC)NC1CCN(C)CC1. The summed E-state index contributed by atoms with van der Waals surface area (Å²) in [6, 6.07) is 0.746. The van der Waals surface area contributed by atoms with Gasteiger partial charge in [0, 0.05) is 11.6 Å². The highest BCUT2D eigenvalue weighted by Crippen LogP contribution is 2.18. The molecule has 0 amide bonds. The lowest BCUT2D eigenvalue weighted by molar-refractivity contribution is 0.193. The van der Waals surface area contributed by atoms with Crippen LogP contribution in [0.15, 0.2) is 0 Å². The first kappa shape index (κ1) is 12.0. The van der Waals surface area contributed by atoms with E-state index in [9.17, 15) is 0 Å². The van der Waals surface area contributed by atoms with Gasteiger partial charge in [0.25, 0.3) is 0 Å². The van der Waals surface area contributed by atoms with Crippen molar-refractivity contribution in [3.63, 3.8) is 0 Å². The molecule has 1 rings (SSSR count). The summed E-state index contributed by atoms with van der Waals surface area (Å²) in [5.74, 6) is 0. The average Bonchev–Trinajstić information content (AvgIpc) is 2.21. The third-order valence-corrected chi connectivity index (χ3v) is 3.83.